The molecule has 0 bridgehead atoms. The van der Waals surface area contributed by atoms with Crippen LogP contribution in [0.2, 0.25) is 0 Å². The van der Waals surface area contributed by atoms with Crippen LogP contribution in [0.5, 0.6) is 0 Å². The van der Waals surface area contributed by atoms with E-state index in [1.54, 1.807) is 6.20 Å². The minimum Gasteiger partial charge on any atom is -0.384 e. The second-order valence-corrected chi connectivity index (χ2v) is 6.19. The van der Waals surface area contributed by atoms with E-state index in [1.165, 1.54) is 24.8 Å². The van der Waals surface area contributed by atoms with Crippen LogP contribution in [0.25, 0.3) is 33.7 Å². The van der Waals surface area contributed by atoms with Gasteiger partial charge in [0.15, 0.2) is 5.65 Å². The van der Waals surface area contributed by atoms with E-state index < -0.39 is 17.6 Å². The van der Waals surface area contributed by atoms with Gasteiger partial charge in [0.1, 0.15) is 34.7 Å². The SMILES string of the molecule is Cc1cncnc1-c1cnc2c(-c3cc(N)nc(N)c3C(F)(F)F)ccnc2n1. The molecule has 4 heterocycles. The number of anilines is 2. The summed E-state index contributed by atoms with van der Waals surface area (Å²) >= 11 is 0. The summed E-state index contributed by atoms with van der Waals surface area (Å²) < 4.78 is 40.9. The Labute approximate surface area is 161 Å². The number of aryl methyl sites for hydroxylation is 1. The highest BCUT2D eigenvalue weighted by molar-refractivity contribution is 5.92. The Bertz CT molecular complexity index is 1240. The van der Waals surface area contributed by atoms with Gasteiger partial charge in [0.05, 0.1) is 11.9 Å². The summed E-state index contributed by atoms with van der Waals surface area (Å²) in [6, 6.07) is 2.51. The first-order valence-electron chi connectivity index (χ1n) is 8.28. The molecule has 0 amide bonds. The van der Waals surface area contributed by atoms with Crippen molar-refractivity contribution in [3.8, 4) is 22.5 Å². The number of hydrogen-bond donors (Lipinski definition) is 2. The number of nitrogens with zero attached hydrogens (tertiary/aromatic N) is 6. The van der Waals surface area contributed by atoms with E-state index in [0.717, 1.165) is 11.6 Å². The quantitative estimate of drug-likeness (QED) is 0.527. The van der Waals surface area contributed by atoms with Crippen LogP contribution in [-0.4, -0.2) is 29.9 Å². The summed E-state index contributed by atoms with van der Waals surface area (Å²) in [4.78, 5) is 24.5. The predicted octanol–water partition coefficient (Wildman–Crippen LogP) is 3.04. The molecule has 8 nitrogen and oxygen atoms in total. The topological polar surface area (TPSA) is 129 Å². The summed E-state index contributed by atoms with van der Waals surface area (Å²) in [6.07, 6.45) is 1.02. The lowest BCUT2D eigenvalue weighted by molar-refractivity contribution is -0.136. The summed E-state index contributed by atoms with van der Waals surface area (Å²) in [6.45, 7) is 1.81. The van der Waals surface area contributed by atoms with Crippen LogP contribution in [0, 0.1) is 6.92 Å². The van der Waals surface area contributed by atoms with Gasteiger partial charge >= 0.3 is 6.18 Å². The number of hydrogen-bond acceptors (Lipinski definition) is 8. The lowest BCUT2D eigenvalue weighted by atomic mass is 10.00. The zero-order chi connectivity index (χ0) is 20.8. The van der Waals surface area contributed by atoms with E-state index in [-0.39, 0.29) is 28.1 Å². The van der Waals surface area contributed by atoms with E-state index in [0.29, 0.717) is 11.4 Å². The van der Waals surface area contributed by atoms with Crippen LogP contribution in [0.4, 0.5) is 24.8 Å². The minimum atomic E-state index is -4.73. The fourth-order valence-electron chi connectivity index (χ4n) is 3.02. The maximum absolute atomic E-state index is 13.6. The van der Waals surface area contributed by atoms with E-state index in [4.69, 9.17) is 11.5 Å². The molecule has 4 aromatic rings. The Morgan fingerprint density at radius 3 is 2.48 bits per heavy atom. The number of pyridine rings is 2. The molecule has 0 aliphatic heterocycles. The van der Waals surface area contributed by atoms with Crippen molar-refractivity contribution in [1.29, 1.82) is 0 Å². The summed E-state index contributed by atoms with van der Waals surface area (Å²) in [7, 11) is 0. The largest absolute Gasteiger partial charge is 0.420 e. The molecule has 0 saturated carbocycles. The van der Waals surface area contributed by atoms with Gasteiger partial charge in [-0.1, -0.05) is 0 Å². The molecular weight excluding hydrogens is 385 g/mol. The zero-order valence-electron chi connectivity index (χ0n) is 14.9. The first-order valence-corrected chi connectivity index (χ1v) is 8.28. The fourth-order valence-corrected chi connectivity index (χ4v) is 3.02. The van der Waals surface area contributed by atoms with Gasteiger partial charge < -0.3 is 11.5 Å². The number of nitrogens with two attached hydrogens (primary N) is 2. The van der Waals surface area contributed by atoms with Crippen molar-refractivity contribution in [3.63, 3.8) is 0 Å². The van der Waals surface area contributed by atoms with Crippen molar-refractivity contribution in [3.05, 3.63) is 48.2 Å². The lowest BCUT2D eigenvalue weighted by Crippen LogP contribution is -2.14. The summed E-state index contributed by atoms with van der Waals surface area (Å²) in [5.74, 6) is -0.852. The molecule has 4 aromatic heterocycles. The molecule has 0 aromatic carbocycles. The highest BCUT2D eigenvalue weighted by atomic mass is 19.4. The van der Waals surface area contributed by atoms with Crippen LogP contribution in [0.3, 0.4) is 0 Å². The second-order valence-electron chi connectivity index (χ2n) is 6.19. The minimum absolute atomic E-state index is 0.140. The highest BCUT2D eigenvalue weighted by Crippen LogP contribution is 2.42. The fraction of sp³-hybridized carbons (Fsp3) is 0.111. The molecule has 0 unspecified atom stereocenters. The molecule has 4 N–H and O–H groups in total. The maximum atomic E-state index is 13.6. The third-order valence-electron chi connectivity index (χ3n) is 4.23. The Kier molecular flexibility index (Phi) is 4.22. The molecule has 11 heteroatoms. The molecule has 29 heavy (non-hydrogen) atoms. The van der Waals surface area contributed by atoms with Crippen molar-refractivity contribution < 1.29 is 13.2 Å². The van der Waals surface area contributed by atoms with Crippen LogP contribution in [0.15, 0.2) is 37.1 Å². The highest BCUT2D eigenvalue weighted by Gasteiger charge is 2.37. The van der Waals surface area contributed by atoms with Gasteiger partial charge in [0, 0.05) is 23.5 Å². The molecule has 0 radical (unpaired) electrons. The van der Waals surface area contributed by atoms with E-state index in [2.05, 4.69) is 29.9 Å². The van der Waals surface area contributed by atoms with Crippen LogP contribution in [-0.2, 0) is 6.18 Å². The standard InChI is InChI=1S/C18H13F3N8/c1-8-5-24-7-27-14(8)11-6-26-15-9(2-3-25-17(15)28-11)10-4-12(22)29-16(23)13(10)18(19,20)21/h2-7H,1H3,(H4,22,23,29). The van der Waals surface area contributed by atoms with Gasteiger partial charge in [-0.2, -0.15) is 13.2 Å². The molecule has 0 atom stereocenters. The normalized spacial score (nSPS) is 11.7. The molecule has 0 spiro atoms. The average Bonchev–Trinajstić information content (AvgIpc) is 2.65. The van der Waals surface area contributed by atoms with Crippen molar-refractivity contribution in [2.45, 2.75) is 13.1 Å². The maximum Gasteiger partial charge on any atom is 0.420 e. The van der Waals surface area contributed by atoms with Crippen molar-refractivity contribution in [2.24, 2.45) is 0 Å². The Balaban J connectivity index is 1.97. The summed E-state index contributed by atoms with van der Waals surface area (Å²) in [5.41, 5.74) is 12.1. The lowest BCUT2D eigenvalue weighted by Gasteiger charge is -2.16. The van der Waals surface area contributed by atoms with Gasteiger partial charge in [-0.15, -0.1) is 0 Å². The average molecular weight is 398 g/mol. The molecule has 0 aliphatic carbocycles. The molecule has 0 saturated heterocycles. The third-order valence-corrected chi connectivity index (χ3v) is 4.23. The van der Waals surface area contributed by atoms with Gasteiger partial charge in [0.25, 0.3) is 0 Å². The van der Waals surface area contributed by atoms with E-state index >= 15 is 0 Å². The number of rotatable bonds is 2. The number of alkyl halides is 3. The predicted molar refractivity (Wildman–Crippen MR) is 100 cm³/mol. The van der Waals surface area contributed by atoms with Crippen molar-refractivity contribution >= 4 is 22.8 Å². The van der Waals surface area contributed by atoms with Crippen LogP contribution in [0.1, 0.15) is 11.1 Å². The second kappa shape index (κ2) is 6.62. The smallest absolute Gasteiger partial charge is 0.384 e. The first kappa shape index (κ1) is 18.5. The van der Waals surface area contributed by atoms with E-state index in [9.17, 15) is 13.2 Å². The number of nitrogen functional groups attached to an aromatic ring is 2. The van der Waals surface area contributed by atoms with Crippen molar-refractivity contribution in [1.82, 2.24) is 29.9 Å². The Hall–Kier alpha value is -3.89. The monoisotopic (exact) mass is 398 g/mol. The Morgan fingerprint density at radius 2 is 1.76 bits per heavy atom. The first-order chi connectivity index (χ1) is 13.8. The zero-order valence-corrected chi connectivity index (χ0v) is 14.9. The molecule has 4 rings (SSSR count). The number of halogens is 3. The third kappa shape index (κ3) is 3.26. The van der Waals surface area contributed by atoms with Gasteiger partial charge in [-0.05, 0) is 24.6 Å². The van der Waals surface area contributed by atoms with Crippen LogP contribution >= 0.6 is 0 Å². The Morgan fingerprint density at radius 1 is 0.966 bits per heavy atom. The van der Waals surface area contributed by atoms with Crippen LogP contribution < -0.4 is 11.5 Å². The van der Waals surface area contributed by atoms with Gasteiger partial charge in [0.2, 0.25) is 0 Å². The molecular formula is C18H13F3N8. The molecule has 0 aliphatic rings. The van der Waals surface area contributed by atoms with Crippen molar-refractivity contribution in [2.75, 3.05) is 11.5 Å². The van der Waals surface area contributed by atoms with Gasteiger partial charge in [-0.3, -0.25) is 0 Å². The van der Waals surface area contributed by atoms with Gasteiger partial charge in [-0.25, -0.2) is 29.9 Å². The summed E-state index contributed by atoms with van der Waals surface area (Å²) in [5, 5.41) is 0. The number of aromatic nitrogens is 6. The number of fused-ring (bicyclic) bond motifs is 1. The molecule has 146 valence electrons. The van der Waals surface area contributed by atoms with E-state index in [1.807, 2.05) is 6.92 Å². The molecule has 0 fully saturated rings.